The van der Waals surface area contributed by atoms with Crippen LogP contribution in [0.15, 0.2) is 24.3 Å². The van der Waals surface area contributed by atoms with Gasteiger partial charge in [0.15, 0.2) is 0 Å². The van der Waals surface area contributed by atoms with Gasteiger partial charge in [-0.2, -0.15) is 0 Å². The largest absolute Gasteiger partial charge is 0.252 e. The summed E-state index contributed by atoms with van der Waals surface area (Å²) in [4.78, 5) is 4.77. The Hall–Kier alpha value is -1.44. The van der Waals surface area contributed by atoms with Crippen molar-refractivity contribution in [3.8, 4) is 0 Å². The second kappa shape index (κ2) is 5.08. The van der Waals surface area contributed by atoms with Crippen LogP contribution in [0.1, 0.15) is 58.7 Å². The number of halogens is 1. The first-order valence-corrected chi connectivity index (χ1v) is 7.57. The van der Waals surface area contributed by atoms with Gasteiger partial charge in [0.1, 0.15) is 5.82 Å². The summed E-state index contributed by atoms with van der Waals surface area (Å²) in [6.07, 6.45) is 0. The van der Waals surface area contributed by atoms with Crippen molar-refractivity contribution in [3.05, 3.63) is 41.3 Å². The van der Waals surface area contributed by atoms with E-state index in [0.717, 1.165) is 11.2 Å². The molecule has 21 heavy (non-hydrogen) atoms. The number of rotatable bonds is 1. The predicted molar refractivity (Wildman–Crippen MR) is 88.1 cm³/mol. The van der Waals surface area contributed by atoms with Crippen molar-refractivity contribution >= 4 is 10.9 Å². The normalized spacial score (nSPS) is 13.2. The number of aryl methyl sites for hydroxylation is 1. The van der Waals surface area contributed by atoms with Crippen LogP contribution in [0.5, 0.6) is 0 Å². The van der Waals surface area contributed by atoms with E-state index in [1.54, 1.807) is 13.0 Å². The average molecular weight is 287 g/mol. The molecule has 0 saturated heterocycles. The van der Waals surface area contributed by atoms with E-state index >= 15 is 0 Å². The first-order valence-electron chi connectivity index (χ1n) is 7.57. The molecule has 0 amide bonds. The standard InChI is InChI=1S/C19H26FN/c1-12-8-10-14-13(16(12)20)9-11-15(21-14)17(18(2,3)4)19(5,6)7/h8-11,17H,1-7H3. The van der Waals surface area contributed by atoms with Crippen LogP contribution in [0.4, 0.5) is 4.39 Å². The van der Waals surface area contributed by atoms with Gasteiger partial charge in [0, 0.05) is 17.0 Å². The Bertz CT molecular complexity index is 646. The van der Waals surface area contributed by atoms with Gasteiger partial charge in [-0.05, 0) is 41.5 Å². The van der Waals surface area contributed by atoms with Crippen LogP contribution in [-0.4, -0.2) is 4.98 Å². The number of aromatic nitrogens is 1. The van der Waals surface area contributed by atoms with Crippen LogP contribution in [0.2, 0.25) is 0 Å². The van der Waals surface area contributed by atoms with E-state index in [4.69, 9.17) is 4.98 Å². The smallest absolute Gasteiger partial charge is 0.135 e. The summed E-state index contributed by atoms with van der Waals surface area (Å²) in [6.45, 7) is 15.2. The molecule has 1 aromatic carbocycles. The molecule has 114 valence electrons. The van der Waals surface area contributed by atoms with Gasteiger partial charge in [-0.15, -0.1) is 0 Å². The zero-order valence-electron chi connectivity index (χ0n) is 14.2. The van der Waals surface area contributed by atoms with Crippen molar-refractivity contribution in [1.29, 1.82) is 0 Å². The number of hydrogen-bond acceptors (Lipinski definition) is 1. The summed E-state index contributed by atoms with van der Waals surface area (Å²) >= 11 is 0. The molecule has 0 aliphatic heterocycles. The minimum absolute atomic E-state index is 0.0994. The van der Waals surface area contributed by atoms with Gasteiger partial charge in [0.05, 0.1) is 5.52 Å². The Kier molecular flexibility index (Phi) is 3.86. The molecule has 0 atom stereocenters. The molecule has 1 nitrogen and oxygen atoms in total. The molecule has 0 aliphatic carbocycles. The zero-order chi connectivity index (χ0) is 16.0. The molecule has 0 unspecified atom stereocenters. The Morgan fingerprint density at radius 1 is 0.905 bits per heavy atom. The zero-order valence-corrected chi connectivity index (χ0v) is 14.2. The molecule has 0 aliphatic rings. The van der Waals surface area contributed by atoms with E-state index in [9.17, 15) is 4.39 Å². The second-order valence-electron chi connectivity index (χ2n) is 8.16. The van der Waals surface area contributed by atoms with E-state index < -0.39 is 0 Å². The summed E-state index contributed by atoms with van der Waals surface area (Å²) < 4.78 is 14.2. The predicted octanol–water partition coefficient (Wildman–Crippen LogP) is 5.86. The molecule has 0 bridgehead atoms. The lowest BCUT2D eigenvalue weighted by molar-refractivity contribution is 0.172. The third-order valence-corrected chi connectivity index (χ3v) is 4.05. The topological polar surface area (TPSA) is 12.9 Å². The third-order valence-electron chi connectivity index (χ3n) is 4.05. The van der Waals surface area contributed by atoms with Crippen molar-refractivity contribution < 1.29 is 4.39 Å². The molecule has 0 spiro atoms. The number of nitrogens with zero attached hydrogens (tertiary/aromatic N) is 1. The molecule has 0 fully saturated rings. The highest BCUT2D eigenvalue weighted by Crippen LogP contribution is 2.46. The van der Waals surface area contributed by atoms with Gasteiger partial charge < -0.3 is 0 Å². The van der Waals surface area contributed by atoms with Crippen LogP contribution in [0.3, 0.4) is 0 Å². The molecule has 0 saturated carbocycles. The fraction of sp³-hybridized carbons (Fsp3) is 0.526. The molecule has 1 aromatic heterocycles. The molecule has 0 radical (unpaired) electrons. The van der Waals surface area contributed by atoms with Crippen molar-refractivity contribution in [2.75, 3.05) is 0 Å². The second-order valence-corrected chi connectivity index (χ2v) is 8.16. The number of pyridine rings is 1. The number of fused-ring (bicyclic) bond motifs is 1. The lowest BCUT2D eigenvalue weighted by Gasteiger charge is -2.40. The highest BCUT2D eigenvalue weighted by molar-refractivity contribution is 5.80. The fourth-order valence-corrected chi connectivity index (χ4v) is 3.64. The molecular weight excluding hydrogens is 261 g/mol. The van der Waals surface area contributed by atoms with Crippen LogP contribution < -0.4 is 0 Å². The molecule has 0 N–H and O–H groups in total. The molecular formula is C19H26FN. The maximum atomic E-state index is 14.2. The van der Waals surface area contributed by atoms with E-state index in [1.165, 1.54) is 0 Å². The van der Waals surface area contributed by atoms with Gasteiger partial charge in [0.25, 0.3) is 0 Å². The minimum Gasteiger partial charge on any atom is -0.252 e. The van der Waals surface area contributed by atoms with Crippen molar-refractivity contribution in [1.82, 2.24) is 4.98 Å². The Balaban J connectivity index is 2.64. The first-order chi connectivity index (χ1) is 9.51. The van der Waals surface area contributed by atoms with Crippen LogP contribution in [0, 0.1) is 23.6 Å². The average Bonchev–Trinajstić information content (AvgIpc) is 2.30. The Morgan fingerprint density at radius 3 is 2.00 bits per heavy atom. The number of hydrogen-bond donors (Lipinski definition) is 0. The highest BCUT2D eigenvalue weighted by atomic mass is 19.1. The van der Waals surface area contributed by atoms with Crippen LogP contribution in [0.25, 0.3) is 10.9 Å². The third kappa shape index (κ3) is 3.09. The molecule has 2 aromatic rings. The van der Waals surface area contributed by atoms with E-state index in [2.05, 4.69) is 41.5 Å². The van der Waals surface area contributed by atoms with Gasteiger partial charge >= 0.3 is 0 Å². The molecule has 2 rings (SSSR count). The van der Waals surface area contributed by atoms with E-state index in [0.29, 0.717) is 16.9 Å². The molecule has 1 heterocycles. The van der Waals surface area contributed by atoms with E-state index in [-0.39, 0.29) is 16.6 Å². The first kappa shape index (κ1) is 15.9. The summed E-state index contributed by atoms with van der Waals surface area (Å²) in [6, 6.07) is 7.59. The maximum absolute atomic E-state index is 14.2. The van der Waals surface area contributed by atoms with Gasteiger partial charge in [-0.25, -0.2) is 4.39 Å². The number of benzene rings is 1. The van der Waals surface area contributed by atoms with Crippen molar-refractivity contribution in [2.45, 2.75) is 54.4 Å². The minimum atomic E-state index is -0.158. The SMILES string of the molecule is Cc1ccc2nc(C(C(C)(C)C)C(C)(C)C)ccc2c1F. The summed E-state index contributed by atoms with van der Waals surface area (Å²) in [7, 11) is 0. The fourth-order valence-electron chi connectivity index (χ4n) is 3.64. The Labute approximate surface area is 127 Å². The van der Waals surface area contributed by atoms with Crippen LogP contribution in [-0.2, 0) is 0 Å². The van der Waals surface area contributed by atoms with Gasteiger partial charge in [-0.3, -0.25) is 4.98 Å². The summed E-state index contributed by atoms with van der Waals surface area (Å²) in [5, 5.41) is 0.611. The van der Waals surface area contributed by atoms with E-state index in [1.807, 2.05) is 18.2 Å². The van der Waals surface area contributed by atoms with Gasteiger partial charge in [-0.1, -0.05) is 47.6 Å². The lowest BCUT2D eigenvalue weighted by atomic mass is 9.65. The lowest BCUT2D eigenvalue weighted by Crippen LogP contribution is -2.31. The van der Waals surface area contributed by atoms with Crippen LogP contribution >= 0.6 is 0 Å². The molecule has 2 heteroatoms. The van der Waals surface area contributed by atoms with Crippen molar-refractivity contribution in [2.24, 2.45) is 10.8 Å². The monoisotopic (exact) mass is 287 g/mol. The van der Waals surface area contributed by atoms with Crippen molar-refractivity contribution in [3.63, 3.8) is 0 Å². The quantitative estimate of drug-likeness (QED) is 0.640. The van der Waals surface area contributed by atoms with Gasteiger partial charge in [0.2, 0.25) is 0 Å². The maximum Gasteiger partial charge on any atom is 0.135 e. The summed E-state index contributed by atoms with van der Waals surface area (Å²) in [5.41, 5.74) is 2.66. The Morgan fingerprint density at radius 2 is 1.48 bits per heavy atom. The summed E-state index contributed by atoms with van der Waals surface area (Å²) in [5.74, 6) is 0.147. The highest BCUT2D eigenvalue weighted by Gasteiger charge is 2.37.